The zero-order valence-electron chi connectivity index (χ0n) is 11.7. The van der Waals surface area contributed by atoms with E-state index in [9.17, 15) is 0 Å². The lowest BCUT2D eigenvalue weighted by atomic mass is 10.2. The largest absolute Gasteiger partial charge is 0.382 e. The van der Waals surface area contributed by atoms with Crippen LogP contribution in [0, 0.1) is 0 Å². The van der Waals surface area contributed by atoms with Gasteiger partial charge in [-0.3, -0.25) is 0 Å². The summed E-state index contributed by atoms with van der Waals surface area (Å²) in [7, 11) is 0. The molecule has 0 saturated carbocycles. The zero-order chi connectivity index (χ0) is 13.8. The molecule has 0 heterocycles. The minimum Gasteiger partial charge on any atom is -0.382 e. The van der Waals surface area contributed by atoms with Crippen LogP contribution < -0.4 is 5.32 Å². The van der Waals surface area contributed by atoms with Crippen molar-refractivity contribution in [3.05, 3.63) is 34.9 Å². The van der Waals surface area contributed by atoms with Crippen molar-refractivity contribution in [1.29, 1.82) is 0 Å². The second-order valence-electron chi connectivity index (χ2n) is 4.34. The van der Waals surface area contributed by atoms with Crippen LogP contribution in [0.4, 0.5) is 0 Å². The Balaban J connectivity index is 1.89. The molecule has 1 N–H and O–H groups in total. The van der Waals surface area contributed by atoms with Gasteiger partial charge in [0.25, 0.3) is 0 Å². The number of nitrogens with one attached hydrogen (secondary N) is 1. The molecular weight excluding hydrogens is 262 g/mol. The van der Waals surface area contributed by atoms with Gasteiger partial charge in [-0.2, -0.15) is 0 Å². The Morgan fingerprint density at radius 1 is 1.11 bits per heavy atom. The zero-order valence-corrected chi connectivity index (χ0v) is 12.4. The first kappa shape index (κ1) is 16.4. The first-order valence-electron chi connectivity index (χ1n) is 6.93. The fourth-order valence-corrected chi connectivity index (χ4v) is 1.90. The van der Waals surface area contributed by atoms with Crippen LogP contribution in [0.25, 0.3) is 0 Å². The number of halogens is 1. The molecule has 1 aromatic carbocycles. The molecule has 108 valence electrons. The molecule has 0 spiro atoms. The lowest BCUT2D eigenvalue weighted by molar-refractivity contribution is 0.122. The highest BCUT2D eigenvalue weighted by molar-refractivity contribution is 6.30. The number of unbranched alkanes of at least 4 members (excludes halogenated alkanes) is 1. The van der Waals surface area contributed by atoms with Gasteiger partial charge < -0.3 is 14.8 Å². The number of rotatable bonds is 11. The minimum absolute atomic E-state index is 0.618. The molecular formula is C15H24ClNO2. The maximum atomic E-state index is 5.90. The van der Waals surface area contributed by atoms with Crippen molar-refractivity contribution in [2.24, 2.45) is 0 Å². The van der Waals surface area contributed by atoms with Gasteiger partial charge in [-0.05, 0) is 44.0 Å². The van der Waals surface area contributed by atoms with Gasteiger partial charge in [-0.15, -0.1) is 0 Å². The minimum atomic E-state index is 0.618. The predicted octanol–water partition coefficient (Wildman–Crippen LogP) is 3.26. The molecule has 0 aliphatic rings. The highest BCUT2D eigenvalue weighted by Crippen LogP contribution is 2.11. The van der Waals surface area contributed by atoms with E-state index in [2.05, 4.69) is 5.32 Å². The Morgan fingerprint density at radius 3 is 2.79 bits per heavy atom. The molecule has 1 aromatic rings. The molecule has 0 radical (unpaired) electrons. The topological polar surface area (TPSA) is 30.5 Å². The molecule has 0 aliphatic heterocycles. The van der Waals surface area contributed by atoms with Crippen LogP contribution >= 0.6 is 11.6 Å². The molecule has 0 aromatic heterocycles. The molecule has 3 nitrogen and oxygen atoms in total. The van der Waals surface area contributed by atoms with Crippen LogP contribution in [-0.4, -0.2) is 32.9 Å². The Kier molecular flexibility index (Phi) is 9.72. The van der Waals surface area contributed by atoms with Crippen molar-refractivity contribution >= 4 is 11.6 Å². The molecule has 0 amide bonds. The molecule has 0 aliphatic carbocycles. The van der Waals surface area contributed by atoms with E-state index in [4.69, 9.17) is 21.1 Å². The molecule has 0 saturated heterocycles. The Bertz CT molecular complexity index is 334. The summed E-state index contributed by atoms with van der Waals surface area (Å²) < 4.78 is 10.8. The summed E-state index contributed by atoms with van der Waals surface area (Å²) in [6, 6.07) is 7.77. The fourth-order valence-electron chi connectivity index (χ4n) is 1.68. The molecule has 0 unspecified atom stereocenters. The van der Waals surface area contributed by atoms with Gasteiger partial charge >= 0.3 is 0 Å². The van der Waals surface area contributed by atoms with Crippen molar-refractivity contribution in [2.45, 2.75) is 26.4 Å². The van der Waals surface area contributed by atoms with Gasteiger partial charge in [0.15, 0.2) is 0 Å². The SMILES string of the molecule is CCOCCCCNCCOCc1cccc(Cl)c1. The van der Waals surface area contributed by atoms with Crippen LogP contribution in [0.1, 0.15) is 25.3 Å². The Hall–Kier alpha value is -0.610. The van der Waals surface area contributed by atoms with E-state index >= 15 is 0 Å². The summed E-state index contributed by atoms with van der Waals surface area (Å²) in [6.45, 7) is 6.94. The third-order valence-corrected chi connectivity index (χ3v) is 2.91. The van der Waals surface area contributed by atoms with E-state index < -0.39 is 0 Å². The van der Waals surface area contributed by atoms with Gasteiger partial charge in [0.2, 0.25) is 0 Å². The van der Waals surface area contributed by atoms with Crippen LogP contribution in [-0.2, 0) is 16.1 Å². The van der Waals surface area contributed by atoms with E-state index in [-0.39, 0.29) is 0 Å². The monoisotopic (exact) mass is 285 g/mol. The van der Waals surface area contributed by atoms with Gasteiger partial charge in [0.1, 0.15) is 0 Å². The summed E-state index contributed by atoms with van der Waals surface area (Å²) in [5, 5.41) is 4.11. The van der Waals surface area contributed by atoms with Crippen molar-refractivity contribution in [1.82, 2.24) is 5.32 Å². The lowest BCUT2D eigenvalue weighted by Gasteiger charge is -2.07. The second-order valence-corrected chi connectivity index (χ2v) is 4.77. The van der Waals surface area contributed by atoms with Crippen LogP contribution in [0.5, 0.6) is 0 Å². The average molecular weight is 286 g/mol. The van der Waals surface area contributed by atoms with E-state index in [1.807, 2.05) is 31.2 Å². The first-order valence-corrected chi connectivity index (χ1v) is 7.31. The molecule has 19 heavy (non-hydrogen) atoms. The Labute approximate surface area is 121 Å². The molecule has 0 atom stereocenters. The van der Waals surface area contributed by atoms with Crippen molar-refractivity contribution in [3.63, 3.8) is 0 Å². The number of hydrogen-bond acceptors (Lipinski definition) is 3. The van der Waals surface area contributed by atoms with Crippen LogP contribution in [0.3, 0.4) is 0 Å². The normalized spacial score (nSPS) is 10.8. The van der Waals surface area contributed by atoms with Gasteiger partial charge in [-0.25, -0.2) is 0 Å². The van der Waals surface area contributed by atoms with Gasteiger partial charge in [0, 0.05) is 24.8 Å². The summed E-state index contributed by atoms with van der Waals surface area (Å²) in [5.41, 5.74) is 1.12. The summed E-state index contributed by atoms with van der Waals surface area (Å²) >= 11 is 5.90. The van der Waals surface area contributed by atoms with E-state index in [0.29, 0.717) is 6.61 Å². The second kappa shape index (κ2) is 11.2. The number of benzene rings is 1. The summed E-state index contributed by atoms with van der Waals surface area (Å²) in [6.07, 6.45) is 2.26. The third kappa shape index (κ3) is 9.00. The van der Waals surface area contributed by atoms with E-state index in [1.165, 1.54) is 0 Å². The smallest absolute Gasteiger partial charge is 0.0718 e. The molecule has 0 fully saturated rings. The number of ether oxygens (including phenoxy) is 2. The van der Waals surface area contributed by atoms with Crippen LogP contribution in [0.2, 0.25) is 5.02 Å². The van der Waals surface area contributed by atoms with E-state index in [1.54, 1.807) is 0 Å². The molecule has 4 heteroatoms. The van der Waals surface area contributed by atoms with E-state index in [0.717, 1.165) is 56.3 Å². The lowest BCUT2D eigenvalue weighted by Crippen LogP contribution is -2.21. The summed E-state index contributed by atoms with van der Waals surface area (Å²) in [4.78, 5) is 0. The fraction of sp³-hybridized carbons (Fsp3) is 0.600. The molecule has 0 bridgehead atoms. The van der Waals surface area contributed by atoms with Crippen molar-refractivity contribution in [2.75, 3.05) is 32.9 Å². The Morgan fingerprint density at radius 2 is 2.00 bits per heavy atom. The highest BCUT2D eigenvalue weighted by Gasteiger charge is 1.95. The van der Waals surface area contributed by atoms with Gasteiger partial charge in [-0.1, -0.05) is 23.7 Å². The average Bonchev–Trinajstić information content (AvgIpc) is 2.41. The van der Waals surface area contributed by atoms with Crippen molar-refractivity contribution in [3.8, 4) is 0 Å². The summed E-state index contributed by atoms with van der Waals surface area (Å²) in [5.74, 6) is 0. The maximum Gasteiger partial charge on any atom is 0.0718 e. The maximum absolute atomic E-state index is 5.90. The predicted molar refractivity (Wildman–Crippen MR) is 79.7 cm³/mol. The third-order valence-electron chi connectivity index (χ3n) is 2.68. The quantitative estimate of drug-likeness (QED) is 0.633. The number of hydrogen-bond donors (Lipinski definition) is 1. The van der Waals surface area contributed by atoms with Gasteiger partial charge in [0.05, 0.1) is 13.2 Å². The van der Waals surface area contributed by atoms with Crippen LogP contribution in [0.15, 0.2) is 24.3 Å². The van der Waals surface area contributed by atoms with Crippen molar-refractivity contribution < 1.29 is 9.47 Å². The molecule has 1 rings (SSSR count). The standard InChI is InChI=1S/C15H24ClNO2/c1-2-18-10-4-3-8-17-9-11-19-13-14-6-5-7-15(16)12-14/h5-7,12,17H,2-4,8-11,13H2,1H3. The first-order chi connectivity index (χ1) is 9.33. The highest BCUT2D eigenvalue weighted by atomic mass is 35.5.